The highest BCUT2D eigenvalue weighted by Gasteiger charge is 2.57. The third-order valence-electron chi connectivity index (χ3n) is 5.04. The third kappa shape index (κ3) is 1.79. The highest BCUT2D eigenvalue weighted by atomic mass is 16.2. The van der Waals surface area contributed by atoms with E-state index >= 15 is 0 Å². The Balaban J connectivity index is 1.55. The number of amides is 1. The summed E-state index contributed by atoms with van der Waals surface area (Å²) >= 11 is 0. The van der Waals surface area contributed by atoms with Crippen molar-refractivity contribution in [3.8, 4) is 0 Å². The zero-order chi connectivity index (χ0) is 12.8. The summed E-state index contributed by atoms with van der Waals surface area (Å²) < 4.78 is 0. The van der Waals surface area contributed by atoms with Gasteiger partial charge >= 0.3 is 0 Å². The minimum atomic E-state index is 0.279. The maximum atomic E-state index is 12.6. The van der Waals surface area contributed by atoms with Crippen molar-refractivity contribution in [2.24, 2.45) is 11.8 Å². The van der Waals surface area contributed by atoms with Gasteiger partial charge in [0.05, 0.1) is 0 Å². The maximum Gasteiger partial charge on any atom is 0.226 e. The summed E-state index contributed by atoms with van der Waals surface area (Å²) in [6, 6.07) is 8.70. The fourth-order valence-electron chi connectivity index (χ4n) is 4.00. The molecular formula is C16H20N2O. The lowest BCUT2D eigenvalue weighted by Gasteiger charge is -2.27. The van der Waals surface area contributed by atoms with Crippen LogP contribution in [0.15, 0.2) is 24.3 Å². The topological polar surface area (TPSA) is 32.3 Å². The quantitative estimate of drug-likeness (QED) is 0.823. The summed E-state index contributed by atoms with van der Waals surface area (Å²) in [4.78, 5) is 14.7. The van der Waals surface area contributed by atoms with Crippen molar-refractivity contribution in [1.82, 2.24) is 10.2 Å². The Bertz CT molecular complexity index is 507. The minimum Gasteiger partial charge on any atom is -0.340 e. The Morgan fingerprint density at radius 2 is 2.00 bits per heavy atom. The molecule has 0 aromatic heterocycles. The molecule has 3 atom stereocenters. The number of carbonyl (C=O) groups is 1. The van der Waals surface area contributed by atoms with E-state index in [1.165, 1.54) is 17.5 Å². The number of fused-ring (bicyclic) bond motifs is 3. The average molecular weight is 256 g/mol. The molecule has 1 heterocycles. The molecule has 19 heavy (non-hydrogen) atoms. The van der Waals surface area contributed by atoms with Crippen molar-refractivity contribution in [2.45, 2.75) is 18.8 Å². The molecule has 1 aliphatic heterocycles. The Hall–Kier alpha value is -1.35. The largest absolute Gasteiger partial charge is 0.340 e. The van der Waals surface area contributed by atoms with Crippen molar-refractivity contribution in [3.05, 3.63) is 35.4 Å². The van der Waals surface area contributed by atoms with E-state index in [1.807, 2.05) is 0 Å². The van der Waals surface area contributed by atoms with Crippen LogP contribution in [0, 0.1) is 11.8 Å². The number of rotatable bonds is 1. The molecule has 0 bridgehead atoms. The first-order valence-electron chi connectivity index (χ1n) is 7.43. The lowest BCUT2D eigenvalue weighted by molar-refractivity contribution is -0.133. The van der Waals surface area contributed by atoms with E-state index in [1.54, 1.807) is 0 Å². The van der Waals surface area contributed by atoms with E-state index in [9.17, 15) is 4.79 Å². The SMILES string of the molecule is O=C(C1C2CCc3ccccc3C21)N1CCNCC1. The van der Waals surface area contributed by atoms with Crippen molar-refractivity contribution in [2.75, 3.05) is 26.2 Å². The molecule has 1 N–H and O–H groups in total. The summed E-state index contributed by atoms with van der Waals surface area (Å²) in [6.45, 7) is 3.67. The van der Waals surface area contributed by atoms with Gasteiger partial charge in [-0.1, -0.05) is 24.3 Å². The van der Waals surface area contributed by atoms with Gasteiger partial charge in [0.15, 0.2) is 0 Å². The Morgan fingerprint density at radius 1 is 1.21 bits per heavy atom. The molecule has 3 unspecified atom stereocenters. The van der Waals surface area contributed by atoms with Gasteiger partial charge in [-0.25, -0.2) is 0 Å². The molecule has 100 valence electrons. The van der Waals surface area contributed by atoms with Crippen molar-refractivity contribution < 1.29 is 4.79 Å². The molecule has 1 saturated heterocycles. The first kappa shape index (κ1) is 11.5. The second-order valence-corrected chi connectivity index (χ2v) is 6.03. The smallest absolute Gasteiger partial charge is 0.226 e. The number of nitrogens with zero attached hydrogens (tertiary/aromatic N) is 1. The van der Waals surface area contributed by atoms with Gasteiger partial charge in [-0.15, -0.1) is 0 Å². The Morgan fingerprint density at radius 3 is 2.84 bits per heavy atom. The van der Waals surface area contributed by atoms with E-state index in [0.717, 1.165) is 32.6 Å². The van der Waals surface area contributed by atoms with Crippen LogP contribution in [0.1, 0.15) is 23.5 Å². The predicted molar refractivity (Wildman–Crippen MR) is 73.9 cm³/mol. The molecule has 0 spiro atoms. The lowest BCUT2D eigenvalue weighted by Crippen LogP contribution is -2.47. The second kappa shape index (κ2) is 4.34. The standard InChI is InChI=1S/C16H20N2O/c19-16(18-9-7-17-8-10-18)15-13-6-5-11-3-1-2-4-12(11)14(13)15/h1-4,13-15,17H,5-10H2. The van der Waals surface area contributed by atoms with Crippen LogP contribution in [0.2, 0.25) is 0 Å². The molecule has 3 aliphatic rings. The first-order valence-corrected chi connectivity index (χ1v) is 7.43. The number of hydrogen-bond acceptors (Lipinski definition) is 2. The molecule has 0 radical (unpaired) electrons. The molecule has 2 aliphatic carbocycles. The minimum absolute atomic E-state index is 0.279. The highest BCUT2D eigenvalue weighted by Crippen LogP contribution is 2.60. The second-order valence-electron chi connectivity index (χ2n) is 6.03. The maximum absolute atomic E-state index is 12.6. The molecule has 1 aromatic rings. The lowest BCUT2D eigenvalue weighted by atomic mass is 9.92. The zero-order valence-electron chi connectivity index (χ0n) is 11.1. The first-order chi connectivity index (χ1) is 9.36. The number of nitrogens with one attached hydrogen (secondary N) is 1. The summed E-state index contributed by atoms with van der Waals surface area (Å²) in [7, 11) is 0. The number of piperazine rings is 1. The summed E-state index contributed by atoms with van der Waals surface area (Å²) in [6.07, 6.45) is 2.35. The van der Waals surface area contributed by atoms with E-state index in [2.05, 4.69) is 34.5 Å². The molecule has 4 rings (SSSR count). The monoisotopic (exact) mass is 256 g/mol. The van der Waals surface area contributed by atoms with E-state index in [-0.39, 0.29) is 5.92 Å². The molecular weight excluding hydrogens is 236 g/mol. The van der Waals surface area contributed by atoms with Gasteiger partial charge in [0.1, 0.15) is 0 Å². The average Bonchev–Trinajstić information content (AvgIpc) is 3.22. The van der Waals surface area contributed by atoms with E-state index in [4.69, 9.17) is 0 Å². The van der Waals surface area contributed by atoms with Crippen LogP contribution in [0.3, 0.4) is 0 Å². The fourth-order valence-corrected chi connectivity index (χ4v) is 4.00. The van der Waals surface area contributed by atoms with Crippen molar-refractivity contribution >= 4 is 5.91 Å². The van der Waals surface area contributed by atoms with Crippen LogP contribution in [-0.2, 0) is 11.2 Å². The van der Waals surface area contributed by atoms with Gasteiger partial charge in [0.25, 0.3) is 0 Å². The van der Waals surface area contributed by atoms with Gasteiger partial charge in [0, 0.05) is 32.1 Å². The normalized spacial score (nSPS) is 32.4. The Kier molecular flexibility index (Phi) is 2.62. The van der Waals surface area contributed by atoms with Crippen molar-refractivity contribution in [3.63, 3.8) is 0 Å². The third-order valence-corrected chi connectivity index (χ3v) is 5.04. The van der Waals surface area contributed by atoms with Crippen molar-refractivity contribution in [1.29, 1.82) is 0 Å². The molecule has 2 fully saturated rings. The number of hydrogen-bond donors (Lipinski definition) is 1. The Labute approximate surface area is 114 Å². The fraction of sp³-hybridized carbons (Fsp3) is 0.562. The number of carbonyl (C=O) groups excluding carboxylic acids is 1. The van der Waals surface area contributed by atoms with Gasteiger partial charge in [-0.3, -0.25) is 4.79 Å². The molecule has 1 aromatic carbocycles. The summed E-state index contributed by atoms with van der Waals surface area (Å²) in [5.41, 5.74) is 2.92. The van der Waals surface area contributed by atoms with Crippen LogP contribution in [-0.4, -0.2) is 37.0 Å². The predicted octanol–water partition coefficient (Wildman–Crippen LogP) is 1.39. The molecule has 3 nitrogen and oxygen atoms in total. The van der Waals surface area contributed by atoms with Crippen LogP contribution in [0.4, 0.5) is 0 Å². The number of aryl methyl sites for hydroxylation is 1. The van der Waals surface area contributed by atoms with Crippen LogP contribution < -0.4 is 5.32 Å². The summed E-state index contributed by atoms with van der Waals surface area (Å²) in [5, 5.41) is 3.31. The van der Waals surface area contributed by atoms with Crippen LogP contribution in [0.5, 0.6) is 0 Å². The van der Waals surface area contributed by atoms with Crippen LogP contribution >= 0.6 is 0 Å². The molecule has 1 amide bonds. The van der Waals surface area contributed by atoms with E-state index < -0.39 is 0 Å². The summed E-state index contributed by atoms with van der Waals surface area (Å²) in [5.74, 6) is 1.83. The highest BCUT2D eigenvalue weighted by molar-refractivity contribution is 5.84. The van der Waals surface area contributed by atoms with E-state index in [0.29, 0.717) is 17.7 Å². The zero-order valence-corrected chi connectivity index (χ0v) is 11.1. The van der Waals surface area contributed by atoms with Gasteiger partial charge in [0.2, 0.25) is 5.91 Å². The van der Waals surface area contributed by atoms with Gasteiger partial charge in [-0.05, 0) is 35.8 Å². The molecule has 1 saturated carbocycles. The van der Waals surface area contributed by atoms with Crippen LogP contribution in [0.25, 0.3) is 0 Å². The van der Waals surface area contributed by atoms with Gasteiger partial charge < -0.3 is 10.2 Å². The number of benzene rings is 1. The molecule has 3 heteroatoms. The van der Waals surface area contributed by atoms with Gasteiger partial charge in [-0.2, -0.15) is 0 Å².